The first-order valence-electron chi connectivity index (χ1n) is 6.57. The topological polar surface area (TPSA) is 68.5 Å². The molecular formula is C15H21N3O2. The first-order chi connectivity index (χ1) is 9.63. The highest BCUT2D eigenvalue weighted by atomic mass is 16.5. The van der Waals surface area contributed by atoms with Crippen molar-refractivity contribution in [3.63, 3.8) is 0 Å². The lowest BCUT2D eigenvalue weighted by molar-refractivity contribution is 0.0579. The van der Waals surface area contributed by atoms with E-state index in [1.807, 2.05) is 13.8 Å². The molecule has 0 saturated heterocycles. The third-order valence-electron chi connectivity index (χ3n) is 2.86. The van der Waals surface area contributed by atoms with Gasteiger partial charge in [0, 0.05) is 31.6 Å². The van der Waals surface area contributed by atoms with Gasteiger partial charge in [-0.15, -0.1) is 0 Å². The Morgan fingerprint density at radius 1 is 1.55 bits per heavy atom. The summed E-state index contributed by atoms with van der Waals surface area (Å²) in [4.78, 5) is 18.3. The van der Waals surface area contributed by atoms with Gasteiger partial charge in [-0.1, -0.05) is 11.8 Å². The molecular weight excluding hydrogens is 254 g/mol. The van der Waals surface area contributed by atoms with Crippen LogP contribution < -0.4 is 5.73 Å². The fourth-order valence-electron chi connectivity index (χ4n) is 1.93. The molecule has 1 aromatic heterocycles. The van der Waals surface area contributed by atoms with E-state index in [-0.39, 0.29) is 18.5 Å². The molecule has 0 radical (unpaired) electrons. The second-order valence-corrected chi connectivity index (χ2v) is 4.36. The number of methoxy groups -OCH3 is 1. The van der Waals surface area contributed by atoms with E-state index in [0.29, 0.717) is 24.3 Å². The van der Waals surface area contributed by atoms with Gasteiger partial charge in [-0.05, 0) is 19.9 Å². The smallest absolute Gasteiger partial charge is 0.255 e. The highest BCUT2D eigenvalue weighted by Gasteiger charge is 2.20. The maximum atomic E-state index is 12.5. The maximum absolute atomic E-state index is 12.5. The van der Waals surface area contributed by atoms with Crippen molar-refractivity contribution >= 4 is 5.91 Å². The van der Waals surface area contributed by atoms with Gasteiger partial charge >= 0.3 is 0 Å². The minimum Gasteiger partial charge on any atom is -0.383 e. The Balaban J connectivity index is 2.95. The van der Waals surface area contributed by atoms with Crippen molar-refractivity contribution in [3.05, 3.63) is 29.6 Å². The van der Waals surface area contributed by atoms with Crippen molar-refractivity contribution in [1.82, 2.24) is 9.88 Å². The SMILES string of the molecule is CCN(C(=O)c1cncc(C#CCN)c1)C(C)COC. The van der Waals surface area contributed by atoms with Crippen LogP contribution in [0.15, 0.2) is 18.5 Å². The predicted octanol–water partition coefficient (Wildman–Crippen LogP) is 0.889. The molecule has 1 atom stereocenters. The van der Waals surface area contributed by atoms with Gasteiger partial charge in [0.25, 0.3) is 5.91 Å². The first kappa shape index (κ1) is 16.2. The van der Waals surface area contributed by atoms with Crippen molar-refractivity contribution in [1.29, 1.82) is 0 Å². The molecule has 1 unspecified atom stereocenters. The van der Waals surface area contributed by atoms with Gasteiger partial charge in [-0.2, -0.15) is 0 Å². The predicted molar refractivity (Wildman–Crippen MR) is 78.2 cm³/mol. The molecule has 0 aromatic carbocycles. The molecule has 0 aliphatic rings. The van der Waals surface area contributed by atoms with Gasteiger partial charge in [0.15, 0.2) is 0 Å². The minimum absolute atomic E-state index is 0.0104. The molecule has 108 valence electrons. The Morgan fingerprint density at radius 2 is 2.30 bits per heavy atom. The van der Waals surface area contributed by atoms with Gasteiger partial charge in [0.2, 0.25) is 0 Å². The number of ether oxygens (including phenoxy) is 1. The van der Waals surface area contributed by atoms with Crippen molar-refractivity contribution in [2.24, 2.45) is 5.73 Å². The molecule has 2 N–H and O–H groups in total. The van der Waals surface area contributed by atoms with Gasteiger partial charge in [0.05, 0.1) is 24.8 Å². The molecule has 0 aliphatic carbocycles. The molecule has 0 spiro atoms. The van der Waals surface area contributed by atoms with E-state index in [9.17, 15) is 4.79 Å². The average molecular weight is 275 g/mol. The van der Waals surface area contributed by atoms with E-state index >= 15 is 0 Å². The van der Waals surface area contributed by atoms with Crippen molar-refractivity contribution < 1.29 is 9.53 Å². The number of nitrogens with two attached hydrogens (primary N) is 1. The van der Waals surface area contributed by atoms with E-state index in [2.05, 4.69) is 16.8 Å². The van der Waals surface area contributed by atoms with Gasteiger partial charge in [0.1, 0.15) is 0 Å². The van der Waals surface area contributed by atoms with Crippen LogP contribution in [0.1, 0.15) is 29.8 Å². The number of carbonyl (C=O) groups is 1. The van der Waals surface area contributed by atoms with Gasteiger partial charge in [-0.25, -0.2) is 0 Å². The largest absolute Gasteiger partial charge is 0.383 e. The van der Waals surface area contributed by atoms with Crippen LogP contribution in [0.5, 0.6) is 0 Å². The lowest BCUT2D eigenvalue weighted by Gasteiger charge is -2.27. The molecule has 1 amide bonds. The summed E-state index contributed by atoms with van der Waals surface area (Å²) < 4.78 is 5.10. The minimum atomic E-state index is -0.0686. The van der Waals surface area contributed by atoms with Crippen LogP contribution in [0.4, 0.5) is 0 Å². The maximum Gasteiger partial charge on any atom is 0.255 e. The molecule has 20 heavy (non-hydrogen) atoms. The summed E-state index contributed by atoms with van der Waals surface area (Å²) in [6.45, 7) is 5.29. The molecule has 0 fully saturated rings. The summed E-state index contributed by atoms with van der Waals surface area (Å²) in [6, 6.07) is 1.75. The van der Waals surface area contributed by atoms with Crippen LogP contribution in [-0.4, -0.2) is 48.6 Å². The quantitative estimate of drug-likeness (QED) is 0.810. The van der Waals surface area contributed by atoms with E-state index in [1.165, 1.54) is 0 Å². The molecule has 1 aromatic rings. The van der Waals surface area contributed by atoms with E-state index in [0.717, 1.165) is 0 Å². The standard InChI is InChI=1S/C15H21N3O2/c1-4-18(12(2)11-20-3)15(19)14-8-13(6-5-7-16)9-17-10-14/h8-10,12H,4,7,11,16H2,1-3H3. The fraction of sp³-hybridized carbons (Fsp3) is 0.467. The number of pyridine rings is 1. The Kier molecular flexibility index (Phi) is 6.71. The number of carbonyl (C=O) groups excluding carboxylic acids is 1. The van der Waals surface area contributed by atoms with Crippen LogP contribution in [-0.2, 0) is 4.74 Å². The second kappa shape index (κ2) is 8.31. The fourth-order valence-corrected chi connectivity index (χ4v) is 1.93. The van der Waals surface area contributed by atoms with Crippen LogP contribution in [0.3, 0.4) is 0 Å². The van der Waals surface area contributed by atoms with E-state index < -0.39 is 0 Å². The van der Waals surface area contributed by atoms with E-state index in [1.54, 1.807) is 30.5 Å². The first-order valence-corrected chi connectivity index (χ1v) is 6.57. The zero-order chi connectivity index (χ0) is 15.0. The van der Waals surface area contributed by atoms with Crippen molar-refractivity contribution in [3.8, 4) is 11.8 Å². The molecule has 1 rings (SSSR count). The molecule has 0 aliphatic heterocycles. The number of rotatable bonds is 5. The third-order valence-corrected chi connectivity index (χ3v) is 2.86. The van der Waals surface area contributed by atoms with Gasteiger partial charge < -0.3 is 15.4 Å². The second-order valence-electron chi connectivity index (χ2n) is 4.36. The number of hydrogen-bond donors (Lipinski definition) is 1. The number of likely N-dealkylation sites (N-methyl/N-ethyl adjacent to an activating group) is 1. The average Bonchev–Trinajstić information content (AvgIpc) is 2.46. The monoisotopic (exact) mass is 275 g/mol. The summed E-state index contributed by atoms with van der Waals surface area (Å²) in [5.41, 5.74) is 6.55. The zero-order valence-corrected chi connectivity index (χ0v) is 12.2. The summed E-state index contributed by atoms with van der Waals surface area (Å²) in [7, 11) is 1.62. The Hall–Kier alpha value is -1.90. The van der Waals surface area contributed by atoms with Crippen LogP contribution >= 0.6 is 0 Å². The molecule has 5 heteroatoms. The molecule has 5 nitrogen and oxygen atoms in total. The normalized spacial score (nSPS) is 11.4. The number of aromatic nitrogens is 1. The third kappa shape index (κ3) is 4.34. The number of amides is 1. The molecule has 1 heterocycles. The summed E-state index contributed by atoms with van der Waals surface area (Å²) in [5, 5.41) is 0. The summed E-state index contributed by atoms with van der Waals surface area (Å²) in [6.07, 6.45) is 3.17. The number of nitrogens with zero attached hydrogens (tertiary/aromatic N) is 2. The lowest BCUT2D eigenvalue weighted by Crippen LogP contribution is -2.41. The summed E-state index contributed by atoms with van der Waals surface area (Å²) in [5.74, 6) is 5.56. The number of hydrogen-bond acceptors (Lipinski definition) is 4. The Bertz CT molecular complexity index is 505. The highest BCUT2D eigenvalue weighted by molar-refractivity contribution is 5.94. The zero-order valence-electron chi connectivity index (χ0n) is 12.2. The van der Waals surface area contributed by atoms with Crippen molar-refractivity contribution in [2.45, 2.75) is 19.9 Å². The molecule has 0 saturated carbocycles. The summed E-state index contributed by atoms with van der Waals surface area (Å²) >= 11 is 0. The highest BCUT2D eigenvalue weighted by Crippen LogP contribution is 2.09. The van der Waals surface area contributed by atoms with Crippen LogP contribution in [0.2, 0.25) is 0 Å². The van der Waals surface area contributed by atoms with E-state index in [4.69, 9.17) is 10.5 Å². The van der Waals surface area contributed by atoms with Crippen molar-refractivity contribution in [2.75, 3.05) is 26.8 Å². The Labute approximate surface area is 120 Å². The van der Waals surface area contributed by atoms with Crippen LogP contribution in [0, 0.1) is 11.8 Å². The Morgan fingerprint density at radius 3 is 2.90 bits per heavy atom. The molecule has 0 bridgehead atoms. The van der Waals surface area contributed by atoms with Crippen LogP contribution in [0.25, 0.3) is 0 Å². The lowest BCUT2D eigenvalue weighted by atomic mass is 10.1. The van der Waals surface area contributed by atoms with Gasteiger partial charge in [-0.3, -0.25) is 9.78 Å².